The van der Waals surface area contributed by atoms with Gasteiger partial charge in [0.05, 0.1) is 21.3 Å². The molecule has 0 fully saturated rings. The molecular formula is C19H35NO4. The molecule has 0 aliphatic heterocycles. The lowest BCUT2D eigenvalue weighted by Gasteiger charge is -2.16. The fourth-order valence-corrected chi connectivity index (χ4v) is 1.92. The third kappa shape index (κ3) is 9.40. The molecule has 0 amide bonds. The molecule has 0 unspecified atom stereocenters. The van der Waals surface area contributed by atoms with Gasteiger partial charge in [-0.05, 0) is 36.6 Å². The molecule has 1 aromatic carbocycles. The lowest BCUT2D eigenvalue weighted by molar-refractivity contribution is -0.140. The number of carbonyl (C=O) groups is 1. The van der Waals surface area contributed by atoms with Crippen LogP contribution in [0.15, 0.2) is 18.2 Å². The zero-order valence-corrected chi connectivity index (χ0v) is 16.3. The SMILES string of the molecule is CC.CCC.COC(=O)CC[C@H](CN)c1ccc(OC)c(OC)c1. The highest BCUT2D eigenvalue weighted by atomic mass is 16.5. The average molecular weight is 341 g/mol. The van der Waals surface area contributed by atoms with Crippen LogP contribution in [0.25, 0.3) is 0 Å². The first-order chi connectivity index (χ1) is 11.6. The molecule has 0 spiro atoms. The quantitative estimate of drug-likeness (QED) is 0.755. The summed E-state index contributed by atoms with van der Waals surface area (Å²) in [6.45, 7) is 8.71. The number of rotatable bonds is 7. The molecule has 1 atom stereocenters. The number of carbonyl (C=O) groups excluding carboxylic acids is 1. The zero-order valence-electron chi connectivity index (χ0n) is 16.3. The van der Waals surface area contributed by atoms with E-state index in [0.29, 0.717) is 30.9 Å². The summed E-state index contributed by atoms with van der Waals surface area (Å²) >= 11 is 0. The Morgan fingerprint density at radius 1 is 1.08 bits per heavy atom. The summed E-state index contributed by atoms with van der Waals surface area (Å²) < 4.78 is 15.1. The highest BCUT2D eigenvalue weighted by Gasteiger charge is 2.15. The van der Waals surface area contributed by atoms with Crippen molar-refractivity contribution in [2.24, 2.45) is 5.73 Å². The predicted octanol–water partition coefficient (Wildman–Crippen LogP) is 4.14. The molecule has 0 bridgehead atoms. The van der Waals surface area contributed by atoms with Crippen molar-refractivity contribution < 1.29 is 19.0 Å². The molecule has 5 nitrogen and oxygen atoms in total. The fourth-order valence-electron chi connectivity index (χ4n) is 1.92. The molecule has 140 valence electrons. The van der Waals surface area contributed by atoms with Gasteiger partial charge in [-0.1, -0.05) is 40.2 Å². The minimum Gasteiger partial charge on any atom is -0.493 e. The van der Waals surface area contributed by atoms with Crippen molar-refractivity contribution in [3.63, 3.8) is 0 Å². The molecule has 2 N–H and O–H groups in total. The lowest BCUT2D eigenvalue weighted by Crippen LogP contribution is -2.14. The molecular weight excluding hydrogens is 306 g/mol. The molecule has 0 aliphatic rings. The van der Waals surface area contributed by atoms with Gasteiger partial charge in [0.15, 0.2) is 11.5 Å². The predicted molar refractivity (Wildman–Crippen MR) is 99.9 cm³/mol. The van der Waals surface area contributed by atoms with Crippen molar-refractivity contribution in [1.29, 1.82) is 0 Å². The summed E-state index contributed by atoms with van der Waals surface area (Å²) in [4.78, 5) is 11.2. The summed E-state index contributed by atoms with van der Waals surface area (Å²) in [7, 11) is 4.57. The Balaban J connectivity index is 0. The summed E-state index contributed by atoms with van der Waals surface area (Å²) in [5.41, 5.74) is 6.80. The van der Waals surface area contributed by atoms with E-state index in [1.165, 1.54) is 13.5 Å². The average Bonchev–Trinajstić information content (AvgIpc) is 2.64. The summed E-state index contributed by atoms with van der Waals surface area (Å²) in [5, 5.41) is 0. The Morgan fingerprint density at radius 2 is 1.62 bits per heavy atom. The van der Waals surface area contributed by atoms with Crippen molar-refractivity contribution in [3.05, 3.63) is 23.8 Å². The number of hydrogen-bond acceptors (Lipinski definition) is 5. The number of benzene rings is 1. The Hall–Kier alpha value is -1.75. The number of hydrogen-bond donors (Lipinski definition) is 1. The first kappa shape index (κ1) is 24.5. The molecule has 1 aromatic rings. The highest BCUT2D eigenvalue weighted by Crippen LogP contribution is 2.31. The van der Waals surface area contributed by atoms with E-state index >= 15 is 0 Å². The van der Waals surface area contributed by atoms with Crippen LogP contribution in [0.1, 0.15) is 58.4 Å². The molecule has 24 heavy (non-hydrogen) atoms. The van der Waals surface area contributed by atoms with Gasteiger partial charge in [-0.3, -0.25) is 4.79 Å². The van der Waals surface area contributed by atoms with Gasteiger partial charge in [0.1, 0.15) is 0 Å². The van der Waals surface area contributed by atoms with Gasteiger partial charge in [-0.25, -0.2) is 0 Å². The van der Waals surface area contributed by atoms with E-state index < -0.39 is 0 Å². The smallest absolute Gasteiger partial charge is 0.305 e. The minimum absolute atomic E-state index is 0.0962. The Morgan fingerprint density at radius 3 is 2.04 bits per heavy atom. The number of esters is 1. The second-order valence-electron chi connectivity index (χ2n) is 4.87. The highest BCUT2D eigenvalue weighted by molar-refractivity contribution is 5.69. The summed E-state index contributed by atoms with van der Waals surface area (Å²) in [6.07, 6.45) is 2.26. The monoisotopic (exact) mass is 341 g/mol. The van der Waals surface area contributed by atoms with Crippen molar-refractivity contribution >= 4 is 5.97 Å². The van der Waals surface area contributed by atoms with Crippen LogP contribution in [-0.4, -0.2) is 33.8 Å². The lowest BCUT2D eigenvalue weighted by atomic mass is 9.94. The Labute approximate surface area is 147 Å². The third-order valence-electron chi connectivity index (χ3n) is 3.09. The number of ether oxygens (including phenoxy) is 3. The second kappa shape index (κ2) is 16.1. The summed E-state index contributed by atoms with van der Waals surface area (Å²) in [6, 6.07) is 5.68. The van der Waals surface area contributed by atoms with Crippen LogP contribution in [0, 0.1) is 0 Å². The molecule has 0 radical (unpaired) electrons. The largest absolute Gasteiger partial charge is 0.493 e. The summed E-state index contributed by atoms with van der Waals surface area (Å²) in [5.74, 6) is 1.21. The molecule has 5 heteroatoms. The van der Waals surface area contributed by atoms with Gasteiger partial charge >= 0.3 is 5.97 Å². The third-order valence-corrected chi connectivity index (χ3v) is 3.09. The van der Waals surface area contributed by atoms with Gasteiger partial charge in [-0.2, -0.15) is 0 Å². The maximum atomic E-state index is 11.2. The molecule has 0 heterocycles. The van der Waals surface area contributed by atoms with E-state index in [1.54, 1.807) is 14.2 Å². The molecule has 1 rings (SSSR count). The molecule has 0 saturated carbocycles. The van der Waals surface area contributed by atoms with E-state index in [1.807, 2.05) is 32.0 Å². The number of nitrogens with two attached hydrogens (primary N) is 1. The van der Waals surface area contributed by atoms with E-state index in [9.17, 15) is 4.79 Å². The normalized spacial score (nSPS) is 10.3. The first-order valence-corrected chi connectivity index (χ1v) is 8.56. The maximum absolute atomic E-state index is 11.2. The van der Waals surface area contributed by atoms with Gasteiger partial charge < -0.3 is 19.9 Å². The van der Waals surface area contributed by atoms with Crippen LogP contribution in [0.4, 0.5) is 0 Å². The van der Waals surface area contributed by atoms with E-state index in [2.05, 4.69) is 18.6 Å². The van der Waals surface area contributed by atoms with Crippen LogP contribution < -0.4 is 15.2 Å². The van der Waals surface area contributed by atoms with Crippen LogP contribution in [0.2, 0.25) is 0 Å². The Kier molecular flexibility index (Phi) is 16.5. The van der Waals surface area contributed by atoms with E-state index in [4.69, 9.17) is 15.2 Å². The van der Waals surface area contributed by atoms with Gasteiger partial charge in [0.2, 0.25) is 0 Å². The number of methoxy groups -OCH3 is 3. The maximum Gasteiger partial charge on any atom is 0.305 e. The molecule has 0 saturated heterocycles. The van der Waals surface area contributed by atoms with Crippen molar-refractivity contribution in [2.75, 3.05) is 27.9 Å². The fraction of sp³-hybridized carbons (Fsp3) is 0.632. The topological polar surface area (TPSA) is 70.8 Å². The van der Waals surface area contributed by atoms with Crippen LogP contribution in [0.3, 0.4) is 0 Å². The van der Waals surface area contributed by atoms with Crippen molar-refractivity contribution in [2.45, 2.75) is 52.9 Å². The molecule has 0 aliphatic carbocycles. The first-order valence-electron chi connectivity index (χ1n) is 8.56. The van der Waals surface area contributed by atoms with Crippen LogP contribution in [0.5, 0.6) is 11.5 Å². The van der Waals surface area contributed by atoms with Crippen molar-refractivity contribution in [3.8, 4) is 11.5 Å². The van der Waals surface area contributed by atoms with Crippen LogP contribution in [-0.2, 0) is 9.53 Å². The van der Waals surface area contributed by atoms with E-state index in [-0.39, 0.29) is 11.9 Å². The van der Waals surface area contributed by atoms with Crippen LogP contribution >= 0.6 is 0 Å². The molecule has 0 aromatic heterocycles. The van der Waals surface area contributed by atoms with Gasteiger partial charge in [-0.15, -0.1) is 0 Å². The Bertz CT molecular complexity index is 435. The van der Waals surface area contributed by atoms with E-state index in [0.717, 1.165) is 5.56 Å². The van der Waals surface area contributed by atoms with Gasteiger partial charge in [0.25, 0.3) is 0 Å². The standard InChI is InChI=1S/C14H21NO4.C3H8.C2H6/c1-17-12-6-4-10(8-13(12)18-2)11(9-15)5-7-14(16)19-3;1-3-2;1-2/h4,6,8,11H,5,7,9,15H2,1-3H3;3H2,1-2H3;1-2H3/t11-;;/m1../s1. The van der Waals surface area contributed by atoms with Crippen molar-refractivity contribution in [1.82, 2.24) is 0 Å². The van der Waals surface area contributed by atoms with Gasteiger partial charge in [0, 0.05) is 6.42 Å². The zero-order chi connectivity index (χ0) is 19.0. The second-order valence-corrected chi connectivity index (χ2v) is 4.87. The minimum atomic E-state index is -0.223.